The lowest BCUT2D eigenvalue weighted by molar-refractivity contribution is -0.123. The van der Waals surface area contributed by atoms with Gasteiger partial charge in [-0.1, -0.05) is 42.5 Å². The molecule has 4 aromatic rings. The lowest BCUT2D eigenvalue weighted by Crippen LogP contribution is -2.38. The van der Waals surface area contributed by atoms with Gasteiger partial charge in [0, 0.05) is 67.5 Å². The molecule has 0 bridgehead atoms. The van der Waals surface area contributed by atoms with Crippen molar-refractivity contribution in [2.45, 2.75) is 6.54 Å². The van der Waals surface area contributed by atoms with Crippen LogP contribution in [0.25, 0.3) is 21.7 Å². The van der Waals surface area contributed by atoms with E-state index in [9.17, 15) is 9.59 Å². The van der Waals surface area contributed by atoms with Gasteiger partial charge in [0.25, 0.3) is 5.91 Å². The molecule has 0 atom stereocenters. The summed E-state index contributed by atoms with van der Waals surface area (Å²) in [7, 11) is 0. The molecule has 0 aliphatic carbocycles. The van der Waals surface area contributed by atoms with E-state index in [2.05, 4.69) is 14.8 Å². The molecule has 228 valence electrons. The van der Waals surface area contributed by atoms with Crippen molar-refractivity contribution in [2.75, 3.05) is 79.0 Å². The largest absolute Gasteiger partial charge is 0.484 e. The lowest BCUT2D eigenvalue weighted by Gasteiger charge is -2.26. The summed E-state index contributed by atoms with van der Waals surface area (Å²) in [5, 5.41) is 5.52. The van der Waals surface area contributed by atoms with Crippen molar-refractivity contribution in [2.24, 2.45) is 5.73 Å². The van der Waals surface area contributed by atoms with E-state index in [4.69, 9.17) is 24.7 Å². The smallest absolute Gasteiger partial charge is 0.258 e. The van der Waals surface area contributed by atoms with E-state index >= 15 is 0 Å². The number of nitrogens with zero attached hydrogens (tertiary/aromatic N) is 2. The summed E-state index contributed by atoms with van der Waals surface area (Å²) in [5.74, 6) is 0.224. The van der Waals surface area contributed by atoms with Crippen molar-refractivity contribution in [3.05, 3.63) is 78.0 Å². The number of aromatic nitrogens is 1. The number of carbonyl (C=O) groups excluding carboxylic acids is 2. The van der Waals surface area contributed by atoms with E-state index < -0.39 is 0 Å². The fourth-order valence-electron chi connectivity index (χ4n) is 5.24. The maximum atomic E-state index is 14.0. The van der Waals surface area contributed by atoms with Crippen LogP contribution < -0.4 is 15.8 Å². The second-order valence-corrected chi connectivity index (χ2v) is 10.4. The number of hydrogen-bond donors (Lipinski definition) is 2. The van der Waals surface area contributed by atoms with Crippen LogP contribution in [0.4, 0.5) is 0 Å². The zero-order valence-corrected chi connectivity index (χ0v) is 24.5. The zero-order valence-electron chi connectivity index (χ0n) is 24.5. The summed E-state index contributed by atoms with van der Waals surface area (Å²) in [4.78, 5) is 28.8. The number of hydrogen-bond acceptors (Lipinski definition) is 8. The molecule has 3 aromatic carbocycles. The van der Waals surface area contributed by atoms with Crippen LogP contribution in [0.3, 0.4) is 0 Å². The summed E-state index contributed by atoms with van der Waals surface area (Å²) in [6.07, 6.45) is 1.95. The van der Waals surface area contributed by atoms with Crippen LogP contribution >= 0.6 is 0 Å². The molecular formula is C33H40N4O6. The van der Waals surface area contributed by atoms with Crippen LogP contribution in [0.2, 0.25) is 0 Å². The lowest BCUT2D eigenvalue weighted by atomic mass is 9.97. The minimum absolute atomic E-state index is 0.0461. The predicted molar refractivity (Wildman–Crippen MR) is 166 cm³/mol. The first-order valence-corrected chi connectivity index (χ1v) is 14.8. The molecule has 0 saturated carbocycles. The molecule has 1 amide bonds. The first kappa shape index (κ1) is 30.7. The van der Waals surface area contributed by atoms with E-state index in [1.165, 1.54) is 0 Å². The summed E-state index contributed by atoms with van der Waals surface area (Å²) in [6, 6.07) is 19.4. The van der Waals surface area contributed by atoms with E-state index in [0.29, 0.717) is 56.4 Å². The van der Waals surface area contributed by atoms with E-state index in [1.807, 2.05) is 66.9 Å². The van der Waals surface area contributed by atoms with Crippen molar-refractivity contribution < 1.29 is 28.5 Å². The maximum Gasteiger partial charge on any atom is 0.258 e. The number of nitrogens with two attached hydrogens (primary N) is 1. The molecule has 43 heavy (non-hydrogen) atoms. The Kier molecular flexibility index (Phi) is 11.1. The Balaban J connectivity index is 1.29. The molecule has 0 radical (unpaired) electrons. The van der Waals surface area contributed by atoms with Gasteiger partial charge in [0.1, 0.15) is 5.75 Å². The monoisotopic (exact) mass is 588 g/mol. The molecule has 1 fully saturated rings. The van der Waals surface area contributed by atoms with Gasteiger partial charge in [-0.2, -0.15) is 0 Å². The standard InChI is InChI=1S/C33H40N4O6/c34-10-16-40-20-21-41-17-11-35-32(38)24-43-26-8-9-31-29(22-26)30(23-37(31)13-12-36-14-18-42-19-15-36)33(39)28-7-3-5-25-4-1-2-6-27(25)28/h1-9,22-23H,10-21,24,34H2,(H,35,38). The molecular weight excluding hydrogens is 548 g/mol. The molecule has 5 rings (SSSR count). The minimum Gasteiger partial charge on any atom is -0.484 e. The quantitative estimate of drug-likeness (QED) is 0.152. The van der Waals surface area contributed by atoms with Crippen LogP contribution in [-0.4, -0.2) is 100 Å². The highest BCUT2D eigenvalue weighted by molar-refractivity contribution is 6.21. The zero-order chi connectivity index (χ0) is 29.9. The number of nitrogens with one attached hydrogen (secondary N) is 1. The highest BCUT2D eigenvalue weighted by Crippen LogP contribution is 2.30. The molecule has 2 heterocycles. The van der Waals surface area contributed by atoms with Gasteiger partial charge >= 0.3 is 0 Å². The molecule has 1 aliphatic rings. The fraction of sp³-hybridized carbons (Fsp3) is 0.394. The minimum atomic E-state index is -0.252. The van der Waals surface area contributed by atoms with Gasteiger partial charge < -0.3 is 34.6 Å². The average molecular weight is 589 g/mol. The number of rotatable bonds is 16. The topological polar surface area (TPSA) is 117 Å². The second-order valence-electron chi connectivity index (χ2n) is 10.4. The van der Waals surface area contributed by atoms with Crippen LogP contribution in [0.15, 0.2) is 66.9 Å². The predicted octanol–water partition coefficient (Wildman–Crippen LogP) is 2.84. The number of ether oxygens (including phenoxy) is 4. The molecule has 10 heteroatoms. The first-order valence-electron chi connectivity index (χ1n) is 14.8. The first-order chi connectivity index (χ1) is 21.1. The number of ketones is 1. The van der Waals surface area contributed by atoms with Gasteiger partial charge in [0.05, 0.1) is 39.6 Å². The van der Waals surface area contributed by atoms with E-state index in [-0.39, 0.29) is 18.3 Å². The van der Waals surface area contributed by atoms with Crippen molar-refractivity contribution >= 4 is 33.4 Å². The molecule has 10 nitrogen and oxygen atoms in total. The summed E-state index contributed by atoms with van der Waals surface area (Å²) >= 11 is 0. The van der Waals surface area contributed by atoms with Gasteiger partial charge in [-0.05, 0) is 29.0 Å². The number of carbonyl (C=O) groups is 2. The van der Waals surface area contributed by atoms with E-state index in [1.54, 1.807) is 0 Å². The third-order valence-corrected chi connectivity index (χ3v) is 7.46. The Bertz CT molecular complexity index is 1510. The SMILES string of the molecule is NCCOCCOCCNC(=O)COc1ccc2c(c1)c(C(=O)c1cccc3ccccc13)cn2CCN1CCOCC1. The van der Waals surface area contributed by atoms with Crippen molar-refractivity contribution in [1.29, 1.82) is 0 Å². The van der Waals surface area contributed by atoms with Gasteiger partial charge in [-0.3, -0.25) is 14.5 Å². The number of amides is 1. The van der Waals surface area contributed by atoms with Crippen LogP contribution in [-0.2, 0) is 25.5 Å². The maximum absolute atomic E-state index is 14.0. The average Bonchev–Trinajstić information content (AvgIpc) is 3.41. The van der Waals surface area contributed by atoms with Crippen LogP contribution in [0.5, 0.6) is 5.75 Å². The van der Waals surface area contributed by atoms with Crippen molar-refractivity contribution in [1.82, 2.24) is 14.8 Å². The summed E-state index contributed by atoms with van der Waals surface area (Å²) < 4.78 is 24.2. The highest BCUT2D eigenvalue weighted by Gasteiger charge is 2.20. The Morgan fingerprint density at radius 1 is 0.860 bits per heavy atom. The van der Waals surface area contributed by atoms with E-state index in [0.717, 1.165) is 61.1 Å². The van der Waals surface area contributed by atoms with Gasteiger partial charge in [0.15, 0.2) is 12.4 Å². The van der Waals surface area contributed by atoms with Gasteiger partial charge in [-0.25, -0.2) is 0 Å². The molecule has 0 spiro atoms. The number of morpholine rings is 1. The Labute approximate surface area is 251 Å². The van der Waals surface area contributed by atoms with Gasteiger partial charge in [0.2, 0.25) is 0 Å². The second kappa shape index (κ2) is 15.6. The Hall–Kier alpha value is -3.80. The number of fused-ring (bicyclic) bond motifs is 2. The molecule has 1 saturated heterocycles. The number of benzene rings is 3. The molecule has 0 unspecified atom stereocenters. The van der Waals surface area contributed by atoms with Gasteiger partial charge in [-0.15, -0.1) is 0 Å². The third kappa shape index (κ3) is 8.19. The summed E-state index contributed by atoms with van der Waals surface area (Å²) in [5.41, 5.74) is 7.59. The summed E-state index contributed by atoms with van der Waals surface area (Å²) in [6.45, 7) is 7.37. The Morgan fingerprint density at radius 2 is 1.65 bits per heavy atom. The fourth-order valence-corrected chi connectivity index (χ4v) is 5.24. The Morgan fingerprint density at radius 3 is 2.49 bits per heavy atom. The third-order valence-electron chi connectivity index (χ3n) is 7.46. The van der Waals surface area contributed by atoms with Crippen LogP contribution in [0, 0.1) is 0 Å². The molecule has 1 aromatic heterocycles. The normalized spacial score (nSPS) is 13.9. The van der Waals surface area contributed by atoms with Crippen molar-refractivity contribution in [3.8, 4) is 5.75 Å². The highest BCUT2D eigenvalue weighted by atomic mass is 16.5. The van der Waals surface area contributed by atoms with Crippen molar-refractivity contribution in [3.63, 3.8) is 0 Å². The van der Waals surface area contributed by atoms with Crippen LogP contribution in [0.1, 0.15) is 15.9 Å². The molecule has 1 aliphatic heterocycles. The molecule has 3 N–H and O–H groups in total.